The van der Waals surface area contributed by atoms with Gasteiger partial charge in [-0.1, -0.05) is 12.1 Å². The molecule has 0 saturated carbocycles. The van der Waals surface area contributed by atoms with E-state index in [0.29, 0.717) is 6.42 Å². The van der Waals surface area contributed by atoms with Gasteiger partial charge in [0.05, 0.1) is 6.04 Å². The monoisotopic (exact) mass is 235 g/mol. The number of nitrogens with one attached hydrogen (secondary N) is 1. The summed E-state index contributed by atoms with van der Waals surface area (Å²) in [7, 11) is 3.91. The summed E-state index contributed by atoms with van der Waals surface area (Å²) in [5.41, 5.74) is 7.42. The van der Waals surface area contributed by atoms with E-state index in [9.17, 15) is 4.79 Å². The highest BCUT2D eigenvalue weighted by Gasteiger charge is 2.09. The molecule has 0 aliphatic rings. The van der Waals surface area contributed by atoms with Gasteiger partial charge in [0.25, 0.3) is 0 Å². The van der Waals surface area contributed by atoms with Crippen molar-refractivity contribution in [1.82, 2.24) is 10.2 Å². The zero-order valence-corrected chi connectivity index (χ0v) is 10.7. The second kappa shape index (κ2) is 6.25. The third-order valence-electron chi connectivity index (χ3n) is 2.60. The van der Waals surface area contributed by atoms with Crippen molar-refractivity contribution in [3.05, 3.63) is 29.8 Å². The molecule has 1 atom stereocenters. The van der Waals surface area contributed by atoms with Gasteiger partial charge in [-0.3, -0.25) is 4.79 Å². The van der Waals surface area contributed by atoms with Crippen LogP contribution in [-0.4, -0.2) is 31.4 Å². The molecule has 0 fully saturated rings. The summed E-state index contributed by atoms with van der Waals surface area (Å²) in [5, 5.41) is 2.96. The molecular weight excluding hydrogens is 214 g/mol. The lowest BCUT2D eigenvalue weighted by Crippen LogP contribution is -2.29. The number of benzene rings is 1. The van der Waals surface area contributed by atoms with Crippen molar-refractivity contribution in [3.8, 4) is 0 Å². The summed E-state index contributed by atoms with van der Waals surface area (Å²) in [6.07, 6.45) is 0.520. The van der Waals surface area contributed by atoms with Gasteiger partial charge < -0.3 is 16.0 Å². The normalized spacial score (nSPS) is 12.5. The van der Waals surface area contributed by atoms with Gasteiger partial charge in [-0.15, -0.1) is 0 Å². The molecule has 1 rings (SSSR count). The molecule has 0 bridgehead atoms. The van der Waals surface area contributed by atoms with Crippen molar-refractivity contribution < 1.29 is 4.79 Å². The SMILES string of the molecule is CC(NC(=O)CCN(C)C)c1ccc(N)cc1. The molecular formula is C13H21N3O. The van der Waals surface area contributed by atoms with Crippen molar-refractivity contribution >= 4 is 11.6 Å². The molecule has 4 nitrogen and oxygen atoms in total. The van der Waals surface area contributed by atoms with Gasteiger partial charge in [0.1, 0.15) is 0 Å². The zero-order chi connectivity index (χ0) is 12.8. The second-order valence-electron chi connectivity index (χ2n) is 4.51. The Kier molecular flexibility index (Phi) is 4.97. The van der Waals surface area contributed by atoms with Gasteiger partial charge in [-0.25, -0.2) is 0 Å². The molecule has 94 valence electrons. The highest BCUT2D eigenvalue weighted by molar-refractivity contribution is 5.76. The lowest BCUT2D eigenvalue weighted by atomic mass is 10.1. The minimum absolute atomic E-state index is 0.0188. The number of hydrogen-bond acceptors (Lipinski definition) is 3. The maximum absolute atomic E-state index is 11.6. The Balaban J connectivity index is 2.46. The van der Waals surface area contributed by atoms with Gasteiger partial charge in [0.15, 0.2) is 0 Å². The van der Waals surface area contributed by atoms with Gasteiger partial charge in [-0.05, 0) is 38.7 Å². The van der Waals surface area contributed by atoms with Crippen LogP contribution in [0.4, 0.5) is 5.69 Å². The number of hydrogen-bond donors (Lipinski definition) is 2. The Labute approximate surface area is 103 Å². The highest BCUT2D eigenvalue weighted by Crippen LogP contribution is 2.14. The summed E-state index contributed by atoms with van der Waals surface area (Å²) in [6, 6.07) is 7.58. The Morgan fingerprint density at radius 3 is 2.47 bits per heavy atom. The largest absolute Gasteiger partial charge is 0.399 e. The Bertz CT molecular complexity index is 359. The van der Waals surface area contributed by atoms with Crippen molar-refractivity contribution in [1.29, 1.82) is 0 Å². The Morgan fingerprint density at radius 1 is 1.35 bits per heavy atom. The number of amides is 1. The molecule has 1 amide bonds. The number of rotatable bonds is 5. The summed E-state index contributed by atoms with van der Waals surface area (Å²) >= 11 is 0. The third-order valence-corrected chi connectivity index (χ3v) is 2.60. The van der Waals surface area contributed by atoms with E-state index in [1.807, 2.05) is 50.2 Å². The van der Waals surface area contributed by atoms with E-state index < -0.39 is 0 Å². The van der Waals surface area contributed by atoms with Crippen molar-refractivity contribution in [2.75, 3.05) is 26.4 Å². The first kappa shape index (κ1) is 13.5. The quantitative estimate of drug-likeness (QED) is 0.758. The topological polar surface area (TPSA) is 58.4 Å². The van der Waals surface area contributed by atoms with Crippen LogP contribution in [0.3, 0.4) is 0 Å². The number of nitrogens with zero attached hydrogens (tertiary/aromatic N) is 1. The lowest BCUT2D eigenvalue weighted by Gasteiger charge is -2.15. The molecule has 1 unspecified atom stereocenters. The molecule has 3 N–H and O–H groups in total. The van der Waals surface area contributed by atoms with E-state index in [1.165, 1.54) is 0 Å². The summed E-state index contributed by atoms with van der Waals surface area (Å²) in [6.45, 7) is 2.74. The van der Waals surface area contributed by atoms with Crippen LogP contribution in [0.5, 0.6) is 0 Å². The zero-order valence-electron chi connectivity index (χ0n) is 10.7. The molecule has 0 saturated heterocycles. The van der Waals surface area contributed by atoms with Crippen LogP contribution < -0.4 is 11.1 Å². The standard InChI is InChI=1S/C13H21N3O/c1-10(11-4-6-12(14)7-5-11)15-13(17)8-9-16(2)3/h4-7,10H,8-9,14H2,1-3H3,(H,15,17). The Morgan fingerprint density at radius 2 is 1.94 bits per heavy atom. The Hall–Kier alpha value is -1.55. The number of nitrogen functional groups attached to an aromatic ring is 1. The maximum atomic E-state index is 11.6. The van der Waals surface area contributed by atoms with Gasteiger partial charge in [0.2, 0.25) is 5.91 Å². The van der Waals surface area contributed by atoms with Crippen LogP contribution in [-0.2, 0) is 4.79 Å². The van der Waals surface area contributed by atoms with Crippen LogP contribution in [0.15, 0.2) is 24.3 Å². The van der Waals surface area contributed by atoms with E-state index in [0.717, 1.165) is 17.8 Å². The van der Waals surface area contributed by atoms with Gasteiger partial charge in [0, 0.05) is 18.7 Å². The number of nitrogens with two attached hydrogens (primary N) is 1. The van der Waals surface area contributed by atoms with Crippen LogP contribution in [0, 0.1) is 0 Å². The first-order valence-corrected chi connectivity index (χ1v) is 5.78. The fourth-order valence-electron chi connectivity index (χ4n) is 1.51. The average Bonchev–Trinajstić information content (AvgIpc) is 2.27. The van der Waals surface area contributed by atoms with E-state index in [-0.39, 0.29) is 11.9 Å². The first-order chi connectivity index (χ1) is 7.99. The molecule has 0 radical (unpaired) electrons. The smallest absolute Gasteiger partial charge is 0.221 e. The highest BCUT2D eigenvalue weighted by atomic mass is 16.1. The maximum Gasteiger partial charge on any atom is 0.221 e. The molecule has 0 heterocycles. The van der Waals surface area contributed by atoms with Gasteiger partial charge >= 0.3 is 0 Å². The van der Waals surface area contributed by atoms with E-state index in [1.54, 1.807) is 0 Å². The lowest BCUT2D eigenvalue weighted by molar-refractivity contribution is -0.121. The number of anilines is 1. The molecule has 4 heteroatoms. The number of carbonyl (C=O) groups excluding carboxylic acids is 1. The van der Waals surface area contributed by atoms with Gasteiger partial charge in [-0.2, -0.15) is 0 Å². The summed E-state index contributed by atoms with van der Waals surface area (Å²) in [4.78, 5) is 13.6. The fourth-order valence-corrected chi connectivity index (χ4v) is 1.51. The predicted octanol–water partition coefficient (Wildman–Crippen LogP) is 1.40. The van der Waals surface area contributed by atoms with Crippen LogP contribution in [0.25, 0.3) is 0 Å². The van der Waals surface area contributed by atoms with Crippen molar-refractivity contribution in [3.63, 3.8) is 0 Å². The van der Waals surface area contributed by atoms with Crippen molar-refractivity contribution in [2.24, 2.45) is 0 Å². The fraction of sp³-hybridized carbons (Fsp3) is 0.462. The minimum atomic E-state index is 0.0188. The molecule has 0 aliphatic carbocycles. The number of carbonyl (C=O) groups is 1. The summed E-state index contributed by atoms with van der Waals surface area (Å²) in [5.74, 6) is 0.0722. The van der Waals surface area contributed by atoms with Crippen LogP contribution in [0.2, 0.25) is 0 Å². The molecule has 1 aromatic rings. The van der Waals surface area contributed by atoms with Crippen molar-refractivity contribution in [2.45, 2.75) is 19.4 Å². The molecule has 0 aromatic heterocycles. The molecule has 0 aliphatic heterocycles. The van der Waals surface area contributed by atoms with Crippen LogP contribution in [0.1, 0.15) is 24.9 Å². The van der Waals surface area contributed by atoms with Crippen LogP contribution >= 0.6 is 0 Å². The first-order valence-electron chi connectivity index (χ1n) is 5.78. The molecule has 17 heavy (non-hydrogen) atoms. The van der Waals surface area contributed by atoms with E-state index in [4.69, 9.17) is 5.73 Å². The average molecular weight is 235 g/mol. The second-order valence-corrected chi connectivity index (χ2v) is 4.51. The predicted molar refractivity (Wildman–Crippen MR) is 70.6 cm³/mol. The van der Waals surface area contributed by atoms with E-state index in [2.05, 4.69) is 5.32 Å². The minimum Gasteiger partial charge on any atom is -0.399 e. The third kappa shape index (κ3) is 4.87. The van der Waals surface area contributed by atoms with E-state index >= 15 is 0 Å². The molecule has 1 aromatic carbocycles. The molecule has 0 spiro atoms. The summed E-state index contributed by atoms with van der Waals surface area (Å²) < 4.78 is 0.